The van der Waals surface area contributed by atoms with Gasteiger partial charge >= 0.3 is 0 Å². The van der Waals surface area contributed by atoms with E-state index in [4.69, 9.17) is 4.74 Å². The predicted molar refractivity (Wildman–Crippen MR) is 152 cm³/mol. The summed E-state index contributed by atoms with van der Waals surface area (Å²) >= 11 is 0. The summed E-state index contributed by atoms with van der Waals surface area (Å²) in [4.78, 5) is 28.0. The molecular formula is C31H45N3O3. The summed E-state index contributed by atoms with van der Waals surface area (Å²) in [5.41, 5.74) is 3.65. The lowest BCUT2D eigenvalue weighted by Crippen LogP contribution is -2.36. The van der Waals surface area contributed by atoms with Crippen LogP contribution in [-0.4, -0.2) is 44.7 Å². The number of benzene rings is 2. The molecule has 0 aliphatic carbocycles. The molecule has 1 aliphatic rings. The van der Waals surface area contributed by atoms with Crippen LogP contribution in [0.3, 0.4) is 0 Å². The molecule has 202 valence electrons. The molecule has 1 aliphatic heterocycles. The van der Waals surface area contributed by atoms with Gasteiger partial charge in [0.05, 0.1) is 5.56 Å². The average molecular weight is 508 g/mol. The van der Waals surface area contributed by atoms with Gasteiger partial charge in [-0.05, 0) is 68.7 Å². The molecule has 0 aromatic heterocycles. The number of unbranched alkanes of at least 4 members (excludes halogenated alkanes) is 3. The zero-order valence-electron chi connectivity index (χ0n) is 22.8. The number of rotatable bonds is 15. The smallest absolute Gasteiger partial charge is 0.253 e. The Morgan fingerprint density at radius 2 is 1.76 bits per heavy atom. The maximum absolute atomic E-state index is 13.2. The van der Waals surface area contributed by atoms with Gasteiger partial charge in [0.2, 0.25) is 5.91 Å². The van der Waals surface area contributed by atoms with Gasteiger partial charge in [-0.15, -0.1) is 0 Å². The van der Waals surface area contributed by atoms with Crippen molar-refractivity contribution >= 4 is 23.2 Å². The largest absolute Gasteiger partial charge is 0.382 e. The predicted octanol–water partition coefficient (Wildman–Crippen LogP) is 6.21. The van der Waals surface area contributed by atoms with Crippen molar-refractivity contribution in [1.29, 1.82) is 0 Å². The maximum atomic E-state index is 13.2. The third-order valence-electron chi connectivity index (χ3n) is 7.06. The fourth-order valence-corrected chi connectivity index (χ4v) is 4.95. The summed E-state index contributed by atoms with van der Waals surface area (Å²) in [6, 6.07) is 16.5. The molecule has 0 radical (unpaired) electrons. The van der Waals surface area contributed by atoms with E-state index in [9.17, 15) is 9.59 Å². The van der Waals surface area contributed by atoms with E-state index in [-0.39, 0.29) is 11.8 Å². The van der Waals surface area contributed by atoms with Crippen molar-refractivity contribution in [2.45, 2.75) is 71.6 Å². The Labute approximate surface area is 223 Å². The summed E-state index contributed by atoms with van der Waals surface area (Å²) in [7, 11) is 0. The number of nitrogens with zero attached hydrogens (tertiary/aromatic N) is 1. The van der Waals surface area contributed by atoms with Gasteiger partial charge < -0.3 is 20.3 Å². The summed E-state index contributed by atoms with van der Waals surface area (Å²) in [5, 5.41) is 6.05. The van der Waals surface area contributed by atoms with Crippen LogP contribution in [0, 0.1) is 5.92 Å². The highest BCUT2D eigenvalue weighted by molar-refractivity contribution is 6.02. The number of ether oxygens (including phenoxy) is 1. The van der Waals surface area contributed by atoms with E-state index >= 15 is 0 Å². The molecule has 0 saturated carbocycles. The topological polar surface area (TPSA) is 70.7 Å². The van der Waals surface area contributed by atoms with Crippen molar-refractivity contribution in [1.82, 2.24) is 5.32 Å². The molecule has 0 spiro atoms. The van der Waals surface area contributed by atoms with Crippen molar-refractivity contribution < 1.29 is 14.3 Å². The first-order valence-electron chi connectivity index (χ1n) is 14.2. The molecule has 0 bridgehead atoms. The monoisotopic (exact) mass is 507 g/mol. The van der Waals surface area contributed by atoms with Crippen LogP contribution in [0.25, 0.3) is 0 Å². The second kappa shape index (κ2) is 16.1. The van der Waals surface area contributed by atoms with Crippen LogP contribution in [0.15, 0.2) is 48.5 Å². The zero-order chi connectivity index (χ0) is 26.3. The molecule has 2 aromatic carbocycles. The highest BCUT2D eigenvalue weighted by Crippen LogP contribution is 2.30. The van der Waals surface area contributed by atoms with Gasteiger partial charge in [-0.1, -0.05) is 56.5 Å². The first kappa shape index (κ1) is 28.7. The Morgan fingerprint density at radius 1 is 0.973 bits per heavy atom. The molecule has 6 heteroatoms. The van der Waals surface area contributed by atoms with Gasteiger partial charge in [0.25, 0.3) is 5.91 Å². The number of hydrogen-bond acceptors (Lipinski definition) is 4. The number of hydrogen-bond donors (Lipinski definition) is 2. The molecule has 2 aromatic rings. The fourth-order valence-electron chi connectivity index (χ4n) is 4.95. The van der Waals surface area contributed by atoms with Crippen molar-refractivity contribution in [3.63, 3.8) is 0 Å². The second-order valence-corrected chi connectivity index (χ2v) is 10.0. The van der Waals surface area contributed by atoms with E-state index in [0.29, 0.717) is 43.3 Å². The molecule has 6 nitrogen and oxygen atoms in total. The number of piperidine rings is 1. The van der Waals surface area contributed by atoms with Crippen LogP contribution in [0.2, 0.25) is 0 Å². The first-order valence-corrected chi connectivity index (χ1v) is 14.2. The van der Waals surface area contributed by atoms with E-state index in [1.807, 2.05) is 25.1 Å². The van der Waals surface area contributed by atoms with Crippen LogP contribution in [0.1, 0.15) is 81.1 Å². The Hall–Kier alpha value is -2.86. The van der Waals surface area contributed by atoms with Crippen molar-refractivity contribution in [3.05, 3.63) is 59.7 Å². The molecule has 0 unspecified atom stereocenters. The average Bonchev–Trinajstić information content (AvgIpc) is 2.92. The minimum Gasteiger partial charge on any atom is -0.382 e. The van der Waals surface area contributed by atoms with Crippen LogP contribution < -0.4 is 15.5 Å². The molecule has 3 rings (SSSR count). The number of carbonyl (C=O) groups is 2. The highest BCUT2D eigenvalue weighted by atomic mass is 16.5. The van der Waals surface area contributed by atoms with E-state index < -0.39 is 0 Å². The standard InChI is InChI=1S/C31H45N3O3/c1-3-5-6-10-14-30(35)33-27-15-16-29(28(24-27)31(36)32-19-11-22-37-4-2)34-20-17-26(18-21-34)23-25-12-8-7-9-13-25/h7-9,12-13,15-16,24,26H,3-6,10-11,14,17-23H2,1-2H3,(H,32,36)(H,33,35). The van der Waals surface area contributed by atoms with Crippen molar-refractivity contribution in [2.75, 3.05) is 43.1 Å². The van der Waals surface area contributed by atoms with Gasteiger partial charge in [-0.3, -0.25) is 9.59 Å². The van der Waals surface area contributed by atoms with Crippen molar-refractivity contribution in [3.8, 4) is 0 Å². The van der Waals surface area contributed by atoms with Crippen molar-refractivity contribution in [2.24, 2.45) is 5.92 Å². The van der Waals surface area contributed by atoms with E-state index in [0.717, 1.165) is 70.1 Å². The molecule has 1 heterocycles. The van der Waals surface area contributed by atoms with E-state index in [1.54, 1.807) is 0 Å². The molecule has 2 N–H and O–H groups in total. The lowest BCUT2D eigenvalue weighted by molar-refractivity contribution is -0.116. The maximum Gasteiger partial charge on any atom is 0.253 e. The molecule has 1 saturated heterocycles. The Kier molecular flexibility index (Phi) is 12.5. The van der Waals surface area contributed by atoms with Gasteiger partial charge in [-0.25, -0.2) is 0 Å². The summed E-state index contributed by atoms with van der Waals surface area (Å²) in [5.74, 6) is 0.561. The van der Waals surface area contributed by atoms with Gasteiger partial charge in [0.1, 0.15) is 0 Å². The Balaban J connectivity index is 1.65. The van der Waals surface area contributed by atoms with Crippen LogP contribution in [0.5, 0.6) is 0 Å². The third-order valence-corrected chi connectivity index (χ3v) is 7.06. The molecule has 0 atom stereocenters. The molecule has 37 heavy (non-hydrogen) atoms. The Bertz CT molecular complexity index is 955. The SMILES string of the molecule is CCCCCCC(=O)Nc1ccc(N2CCC(Cc3ccccc3)CC2)c(C(=O)NCCCOCC)c1. The van der Waals surface area contributed by atoms with Gasteiger partial charge in [-0.2, -0.15) is 0 Å². The highest BCUT2D eigenvalue weighted by Gasteiger charge is 2.24. The lowest BCUT2D eigenvalue weighted by atomic mass is 9.89. The van der Waals surface area contributed by atoms with Gasteiger partial charge in [0.15, 0.2) is 0 Å². The summed E-state index contributed by atoms with van der Waals surface area (Å²) < 4.78 is 5.40. The van der Waals surface area contributed by atoms with E-state index in [1.165, 1.54) is 5.56 Å². The number of amides is 2. The van der Waals surface area contributed by atoms with Gasteiger partial charge in [0, 0.05) is 50.6 Å². The van der Waals surface area contributed by atoms with Crippen LogP contribution >= 0.6 is 0 Å². The Morgan fingerprint density at radius 3 is 2.49 bits per heavy atom. The van der Waals surface area contributed by atoms with E-state index in [2.05, 4.69) is 52.8 Å². The molecule has 2 amide bonds. The molecule has 1 fully saturated rings. The number of nitrogens with one attached hydrogen (secondary N) is 2. The summed E-state index contributed by atoms with van der Waals surface area (Å²) in [6.07, 6.45) is 8.84. The van der Waals surface area contributed by atoms with Crippen LogP contribution in [-0.2, 0) is 16.0 Å². The zero-order valence-corrected chi connectivity index (χ0v) is 22.8. The minimum atomic E-state index is -0.100. The lowest BCUT2D eigenvalue weighted by Gasteiger charge is -2.35. The summed E-state index contributed by atoms with van der Waals surface area (Å²) in [6.45, 7) is 7.85. The quantitative estimate of drug-likeness (QED) is 0.281. The number of anilines is 2. The van der Waals surface area contributed by atoms with Crippen LogP contribution in [0.4, 0.5) is 11.4 Å². The third kappa shape index (κ3) is 9.84. The minimum absolute atomic E-state index is 0.00801. The number of carbonyl (C=O) groups excluding carboxylic acids is 2. The fraction of sp³-hybridized carbons (Fsp3) is 0.548. The second-order valence-electron chi connectivity index (χ2n) is 10.0. The molecular weight excluding hydrogens is 462 g/mol. The first-order chi connectivity index (χ1) is 18.1. The normalized spacial score (nSPS) is 13.9.